The minimum absolute atomic E-state index is 0.0953. The fourth-order valence-electron chi connectivity index (χ4n) is 5.35. The van der Waals surface area contributed by atoms with Gasteiger partial charge in [-0.15, -0.1) is 0 Å². The zero-order chi connectivity index (χ0) is 26.2. The van der Waals surface area contributed by atoms with Crippen LogP contribution in [-0.2, 0) is 28.2 Å². The van der Waals surface area contributed by atoms with E-state index in [9.17, 15) is 19.8 Å². The summed E-state index contributed by atoms with van der Waals surface area (Å²) >= 11 is 6.26. The highest BCUT2D eigenvalue weighted by Crippen LogP contribution is 2.49. The molecule has 0 saturated carbocycles. The SMILES string of the molecule is C[C@@H](/C=C/CC(=O)N1Cc2ccccc2C[C@H]1CO)[C@]1(O)C(=O)N(c2ccccc2)c2ccc(Cl)cc21. The van der Waals surface area contributed by atoms with Gasteiger partial charge in [-0.05, 0) is 47.9 Å². The number of amides is 2. The monoisotopic (exact) mass is 516 g/mol. The van der Waals surface area contributed by atoms with Crippen molar-refractivity contribution in [2.75, 3.05) is 11.5 Å². The number of carbonyl (C=O) groups is 2. The van der Waals surface area contributed by atoms with Crippen molar-refractivity contribution in [3.05, 3.63) is 107 Å². The lowest BCUT2D eigenvalue weighted by molar-refractivity contribution is -0.138. The van der Waals surface area contributed by atoms with Gasteiger partial charge >= 0.3 is 0 Å². The second kappa shape index (κ2) is 10.1. The van der Waals surface area contributed by atoms with Crippen molar-refractivity contribution in [2.24, 2.45) is 5.92 Å². The first-order valence-electron chi connectivity index (χ1n) is 12.4. The summed E-state index contributed by atoms with van der Waals surface area (Å²) in [4.78, 5) is 30.0. The van der Waals surface area contributed by atoms with Crippen molar-refractivity contribution in [1.29, 1.82) is 0 Å². The van der Waals surface area contributed by atoms with Crippen LogP contribution in [0.15, 0.2) is 84.9 Å². The third kappa shape index (κ3) is 4.46. The molecule has 0 aliphatic carbocycles. The van der Waals surface area contributed by atoms with Crippen LogP contribution in [0.4, 0.5) is 11.4 Å². The number of fused-ring (bicyclic) bond motifs is 2. The maximum atomic E-state index is 13.7. The van der Waals surface area contributed by atoms with Crippen LogP contribution in [0.5, 0.6) is 0 Å². The van der Waals surface area contributed by atoms with E-state index >= 15 is 0 Å². The van der Waals surface area contributed by atoms with Gasteiger partial charge < -0.3 is 15.1 Å². The molecule has 7 heteroatoms. The molecule has 0 unspecified atom stereocenters. The Morgan fingerprint density at radius 1 is 1.11 bits per heavy atom. The molecule has 2 aliphatic heterocycles. The molecule has 2 N–H and O–H groups in total. The van der Waals surface area contributed by atoms with Gasteiger partial charge in [0.15, 0.2) is 5.60 Å². The van der Waals surface area contributed by atoms with Crippen LogP contribution < -0.4 is 4.90 Å². The summed E-state index contributed by atoms with van der Waals surface area (Å²) in [5.74, 6) is -1.21. The third-order valence-electron chi connectivity index (χ3n) is 7.42. The molecule has 6 nitrogen and oxygen atoms in total. The summed E-state index contributed by atoms with van der Waals surface area (Å²) in [6.07, 6.45) is 4.11. The van der Waals surface area contributed by atoms with Crippen molar-refractivity contribution in [1.82, 2.24) is 4.90 Å². The quantitative estimate of drug-likeness (QED) is 0.464. The summed E-state index contributed by atoms with van der Waals surface area (Å²) in [7, 11) is 0. The Kier molecular flexibility index (Phi) is 6.90. The number of rotatable bonds is 6. The summed E-state index contributed by atoms with van der Waals surface area (Å²) in [6.45, 7) is 2.09. The van der Waals surface area contributed by atoms with Gasteiger partial charge in [0, 0.05) is 35.2 Å². The predicted molar refractivity (Wildman–Crippen MR) is 143 cm³/mol. The first-order valence-corrected chi connectivity index (χ1v) is 12.8. The fraction of sp³-hybridized carbons (Fsp3) is 0.267. The second-order valence-electron chi connectivity index (χ2n) is 9.66. The van der Waals surface area contributed by atoms with E-state index in [4.69, 9.17) is 11.6 Å². The van der Waals surface area contributed by atoms with E-state index in [-0.39, 0.29) is 25.0 Å². The summed E-state index contributed by atoms with van der Waals surface area (Å²) < 4.78 is 0. The molecule has 37 heavy (non-hydrogen) atoms. The zero-order valence-electron chi connectivity index (χ0n) is 20.5. The lowest BCUT2D eigenvalue weighted by atomic mass is 9.83. The number of hydrogen-bond donors (Lipinski definition) is 2. The molecule has 2 aliphatic rings. The number of anilines is 2. The van der Waals surface area contributed by atoms with Gasteiger partial charge in [-0.1, -0.05) is 73.1 Å². The molecule has 3 atom stereocenters. The fourth-order valence-corrected chi connectivity index (χ4v) is 5.52. The second-order valence-corrected chi connectivity index (χ2v) is 10.1. The molecule has 190 valence electrons. The van der Waals surface area contributed by atoms with Crippen LogP contribution >= 0.6 is 11.6 Å². The van der Waals surface area contributed by atoms with Gasteiger partial charge in [0.1, 0.15) is 0 Å². The molecule has 3 aromatic carbocycles. The number of para-hydroxylation sites is 1. The van der Waals surface area contributed by atoms with Crippen LogP contribution in [0, 0.1) is 5.92 Å². The number of benzene rings is 3. The van der Waals surface area contributed by atoms with Gasteiger partial charge in [-0.25, -0.2) is 0 Å². The van der Waals surface area contributed by atoms with E-state index in [2.05, 4.69) is 0 Å². The van der Waals surface area contributed by atoms with Crippen LogP contribution in [0.25, 0.3) is 0 Å². The maximum Gasteiger partial charge on any atom is 0.268 e. The van der Waals surface area contributed by atoms with Crippen molar-refractivity contribution in [3.63, 3.8) is 0 Å². The standard InChI is InChI=1S/C30H29ClN2O4/c1-20(8-7-13-28(35)32-18-22-10-6-5-9-21(22)16-25(32)19-34)30(37)26-17-23(31)14-15-27(26)33(29(30)36)24-11-3-2-4-12-24/h2-12,14-15,17,20,25,34,37H,13,16,18-19H2,1H3/b8-7+/t20-,25-,30+/m0/s1. The number of carbonyl (C=O) groups excluding carboxylic acids is 2. The number of aliphatic hydroxyl groups is 2. The van der Waals surface area contributed by atoms with Gasteiger partial charge in [0.25, 0.3) is 5.91 Å². The number of hydrogen-bond acceptors (Lipinski definition) is 4. The maximum absolute atomic E-state index is 13.7. The predicted octanol–water partition coefficient (Wildman–Crippen LogP) is 4.73. The van der Waals surface area contributed by atoms with Crippen LogP contribution in [0.3, 0.4) is 0 Å². The number of nitrogens with zero attached hydrogens (tertiary/aromatic N) is 2. The normalized spacial score (nSPS) is 21.7. The summed E-state index contributed by atoms with van der Waals surface area (Å²) in [5, 5.41) is 22.1. The van der Waals surface area contributed by atoms with E-state index in [1.165, 1.54) is 4.90 Å². The minimum atomic E-state index is -1.84. The van der Waals surface area contributed by atoms with E-state index in [0.717, 1.165) is 11.1 Å². The molecular formula is C30H29ClN2O4. The third-order valence-corrected chi connectivity index (χ3v) is 7.65. The molecule has 0 bridgehead atoms. The van der Waals surface area contributed by atoms with Crippen LogP contribution in [-0.4, -0.2) is 39.6 Å². The minimum Gasteiger partial charge on any atom is -0.394 e. The van der Waals surface area contributed by atoms with E-state index in [1.54, 1.807) is 42.2 Å². The van der Waals surface area contributed by atoms with Crippen LogP contribution in [0.1, 0.15) is 30.0 Å². The first-order chi connectivity index (χ1) is 17.8. The van der Waals surface area contributed by atoms with E-state index < -0.39 is 17.4 Å². The van der Waals surface area contributed by atoms with Crippen molar-refractivity contribution in [3.8, 4) is 0 Å². The molecule has 0 aromatic heterocycles. The molecular weight excluding hydrogens is 488 g/mol. The highest BCUT2D eigenvalue weighted by molar-refractivity contribution is 6.31. The lowest BCUT2D eigenvalue weighted by Gasteiger charge is -2.36. The number of aliphatic hydroxyl groups excluding tert-OH is 1. The summed E-state index contributed by atoms with van der Waals surface area (Å²) in [5.41, 5.74) is 2.06. The highest BCUT2D eigenvalue weighted by atomic mass is 35.5. The Balaban J connectivity index is 1.37. The largest absolute Gasteiger partial charge is 0.394 e. The average Bonchev–Trinajstić information content (AvgIpc) is 3.14. The van der Waals surface area contributed by atoms with Gasteiger partial charge in [0.05, 0.1) is 18.3 Å². The van der Waals surface area contributed by atoms with Crippen molar-refractivity contribution in [2.45, 2.75) is 38.0 Å². The topological polar surface area (TPSA) is 81.1 Å². The summed E-state index contributed by atoms with van der Waals surface area (Å²) in [6, 6.07) is 21.9. The average molecular weight is 517 g/mol. The Morgan fingerprint density at radius 3 is 2.54 bits per heavy atom. The zero-order valence-corrected chi connectivity index (χ0v) is 21.3. The molecule has 0 spiro atoms. The smallest absolute Gasteiger partial charge is 0.268 e. The first kappa shape index (κ1) is 25.2. The van der Waals surface area contributed by atoms with E-state index in [0.29, 0.717) is 34.9 Å². The molecule has 2 amide bonds. The molecule has 0 saturated heterocycles. The van der Waals surface area contributed by atoms with Crippen LogP contribution in [0.2, 0.25) is 5.02 Å². The van der Waals surface area contributed by atoms with Gasteiger partial charge in [0.2, 0.25) is 5.91 Å². The molecule has 0 radical (unpaired) electrons. The number of halogens is 1. The van der Waals surface area contributed by atoms with Gasteiger partial charge in [-0.3, -0.25) is 14.5 Å². The molecule has 3 aromatic rings. The molecule has 0 fully saturated rings. The van der Waals surface area contributed by atoms with E-state index in [1.807, 2.05) is 54.6 Å². The van der Waals surface area contributed by atoms with Crippen molar-refractivity contribution < 1.29 is 19.8 Å². The Hall–Kier alpha value is -3.45. The Morgan fingerprint density at radius 2 is 1.81 bits per heavy atom. The Bertz CT molecular complexity index is 1360. The Labute approximate surface area is 221 Å². The van der Waals surface area contributed by atoms with Gasteiger partial charge in [-0.2, -0.15) is 0 Å². The molecule has 2 heterocycles. The highest BCUT2D eigenvalue weighted by Gasteiger charge is 2.53. The van der Waals surface area contributed by atoms with Crippen molar-refractivity contribution >= 4 is 34.8 Å². The lowest BCUT2D eigenvalue weighted by Crippen LogP contribution is -2.46. The molecule has 5 rings (SSSR count).